The lowest BCUT2D eigenvalue weighted by molar-refractivity contribution is -0.143. The molecule has 0 radical (unpaired) electrons. The molecule has 2 aromatic heterocycles. The lowest BCUT2D eigenvalue weighted by atomic mass is 9.77. The van der Waals surface area contributed by atoms with E-state index >= 15 is 4.79 Å². The van der Waals surface area contributed by atoms with Crippen LogP contribution in [0.5, 0.6) is 0 Å². The van der Waals surface area contributed by atoms with Crippen LogP contribution >= 0.6 is 0 Å². The summed E-state index contributed by atoms with van der Waals surface area (Å²) in [6.07, 6.45) is -8.85. The van der Waals surface area contributed by atoms with Gasteiger partial charge in [-0.15, -0.1) is 0 Å². The molecule has 2 N–H and O–H groups in total. The van der Waals surface area contributed by atoms with Crippen molar-refractivity contribution in [3.05, 3.63) is 116 Å². The van der Waals surface area contributed by atoms with Crippen LogP contribution in [0.15, 0.2) is 48.5 Å². The number of hydrogen-bond acceptors (Lipinski definition) is 6. The number of amides is 2. The minimum absolute atomic E-state index is 0.00151. The van der Waals surface area contributed by atoms with E-state index < -0.39 is 70.6 Å². The summed E-state index contributed by atoms with van der Waals surface area (Å²) in [6.45, 7) is 10.9. The molecule has 8 bridgehead atoms. The molecule has 0 fully saturated rings. The maximum Gasteiger partial charge on any atom is 0.416 e. The standard InChI is InChI=1S/C46H43F6N5O4/c1-8-27-21(3)32-19-34-44(6,9-2)30-12-10-11-29(39(30)55-34)38-22(4)28(13-14-35(58)61-7)40(56-38)37-41-36(23(5)31(54-41)18-33(27)53-32)42(59)57(43(37)60)20-24-15-25(45(47,48)49)17-26(16-24)46(50,51)52/h10-12,15-19,22,28,54-55H,8-9,13-14,20H2,1-7H3/t22-,28-,44?/m0/s1. The lowest BCUT2D eigenvalue weighted by Gasteiger charge is -2.27. The molecule has 3 atom stereocenters. The summed E-state index contributed by atoms with van der Waals surface area (Å²) in [7, 11) is 1.26. The number of nitrogens with one attached hydrogen (secondary N) is 2. The summed E-state index contributed by atoms with van der Waals surface area (Å²) in [5.41, 5.74) is 3.55. The first-order valence-electron chi connectivity index (χ1n) is 20.1. The number of nitrogens with zero attached hydrogens (tertiary/aromatic N) is 3. The molecule has 9 nitrogen and oxygen atoms in total. The minimum atomic E-state index is -5.16. The van der Waals surface area contributed by atoms with Crippen molar-refractivity contribution in [2.45, 2.75) is 103 Å². The van der Waals surface area contributed by atoms with Crippen LogP contribution in [0.3, 0.4) is 0 Å². The SMILES string of the molecule is CCC1=C(C)c2cc3[nH]c4c(cccc4c4nc(c5c6[nH]c(cc1n2)c(C)c6C(=O)N(Cc1cc(C(F)(F)F)cc(C(F)(F)F)c1)C5=O)[C@@H](CCC(=O)OC)[C@@H]4C)C3(C)CC. The number of carbonyl (C=O) groups excluding carboxylic acids is 3. The Balaban J connectivity index is 1.49. The maximum absolute atomic E-state index is 15.1. The second kappa shape index (κ2) is 14.6. The predicted octanol–water partition coefficient (Wildman–Crippen LogP) is 11.2. The van der Waals surface area contributed by atoms with Crippen LogP contribution < -0.4 is 0 Å². The number of esters is 1. The molecule has 4 aromatic rings. The van der Waals surface area contributed by atoms with Crippen molar-refractivity contribution < 1.29 is 45.5 Å². The van der Waals surface area contributed by atoms with Gasteiger partial charge in [0.15, 0.2) is 0 Å². The molecule has 2 amide bonds. The number of aromatic nitrogens is 4. The summed E-state index contributed by atoms with van der Waals surface area (Å²) < 4.78 is 89.1. The molecular weight excluding hydrogens is 801 g/mol. The third-order valence-electron chi connectivity index (χ3n) is 13.0. The molecule has 1 unspecified atom stereocenters. The van der Waals surface area contributed by atoms with Gasteiger partial charge in [0.2, 0.25) is 0 Å². The molecule has 2 aromatic carbocycles. The number of methoxy groups -OCH3 is 1. The second-order valence-electron chi connectivity index (χ2n) is 16.4. The minimum Gasteiger partial charge on any atom is -0.469 e. The molecule has 15 heteroatoms. The zero-order valence-electron chi connectivity index (χ0n) is 34.6. The average molecular weight is 844 g/mol. The van der Waals surface area contributed by atoms with E-state index in [0.717, 1.165) is 45.4 Å². The first-order chi connectivity index (χ1) is 28.7. The van der Waals surface area contributed by atoms with Crippen LogP contribution in [0.25, 0.3) is 33.1 Å². The van der Waals surface area contributed by atoms with Gasteiger partial charge in [-0.25, -0.2) is 4.98 Å². The Morgan fingerprint density at radius 3 is 2.16 bits per heavy atom. The van der Waals surface area contributed by atoms with Crippen molar-refractivity contribution in [2.75, 3.05) is 7.11 Å². The summed E-state index contributed by atoms with van der Waals surface area (Å²) in [4.78, 5) is 60.3. The van der Waals surface area contributed by atoms with Crippen molar-refractivity contribution in [3.63, 3.8) is 0 Å². The summed E-state index contributed by atoms with van der Waals surface area (Å²) in [5, 5.41) is 0.748. The number of allylic oxidation sites excluding steroid dienone is 2. The number of rotatable bonds is 7. The van der Waals surface area contributed by atoms with E-state index in [4.69, 9.17) is 14.7 Å². The Morgan fingerprint density at radius 2 is 1.54 bits per heavy atom. The van der Waals surface area contributed by atoms with Crippen LogP contribution in [0.2, 0.25) is 0 Å². The number of para-hydroxylation sites is 1. The second-order valence-corrected chi connectivity index (χ2v) is 16.4. The predicted molar refractivity (Wildman–Crippen MR) is 217 cm³/mol. The van der Waals surface area contributed by atoms with E-state index in [1.54, 1.807) is 13.0 Å². The number of hydrogen-bond donors (Lipinski definition) is 2. The van der Waals surface area contributed by atoms with Crippen molar-refractivity contribution in [1.29, 1.82) is 0 Å². The van der Waals surface area contributed by atoms with E-state index in [0.29, 0.717) is 45.9 Å². The Bertz CT molecular complexity index is 2780. The van der Waals surface area contributed by atoms with E-state index in [1.807, 2.05) is 32.9 Å². The van der Waals surface area contributed by atoms with Crippen molar-refractivity contribution in [2.24, 2.45) is 0 Å². The van der Waals surface area contributed by atoms with Gasteiger partial charge >= 0.3 is 18.3 Å². The van der Waals surface area contributed by atoms with Crippen LogP contribution in [-0.2, 0) is 33.8 Å². The molecule has 0 aliphatic carbocycles. The highest BCUT2D eigenvalue weighted by Gasteiger charge is 2.43. The molecule has 4 aliphatic heterocycles. The number of carbonyl (C=O) groups is 3. The zero-order valence-corrected chi connectivity index (χ0v) is 34.6. The third kappa shape index (κ3) is 6.67. The van der Waals surface area contributed by atoms with Gasteiger partial charge in [0.1, 0.15) is 0 Å². The van der Waals surface area contributed by atoms with Crippen molar-refractivity contribution in [3.8, 4) is 0 Å². The molecule has 0 spiro atoms. The van der Waals surface area contributed by atoms with Crippen LogP contribution in [0.4, 0.5) is 26.3 Å². The van der Waals surface area contributed by atoms with Gasteiger partial charge in [-0.3, -0.25) is 24.3 Å². The fourth-order valence-corrected chi connectivity index (χ4v) is 9.37. The van der Waals surface area contributed by atoms with Gasteiger partial charge in [0.25, 0.3) is 11.8 Å². The Labute approximate surface area is 346 Å². The number of imide groups is 1. The Morgan fingerprint density at radius 1 is 0.869 bits per heavy atom. The normalized spacial score (nSPS) is 19.7. The van der Waals surface area contributed by atoms with E-state index in [9.17, 15) is 35.9 Å². The average Bonchev–Trinajstić information content (AvgIpc) is 3.89. The van der Waals surface area contributed by atoms with Gasteiger partial charge < -0.3 is 14.7 Å². The zero-order chi connectivity index (χ0) is 44.1. The largest absolute Gasteiger partial charge is 0.469 e. The molecule has 0 saturated carbocycles. The highest BCUT2D eigenvalue weighted by Crippen LogP contribution is 2.49. The van der Waals surface area contributed by atoms with E-state index in [1.165, 1.54) is 7.11 Å². The van der Waals surface area contributed by atoms with Gasteiger partial charge in [-0.2, -0.15) is 26.3 Å². The van der Waals surface area contributed by atoms with Crippen LogP contribution in [0.1, 0.15) is 149 Å². The number of fused-ring (bicyclic) bond motifs is 8. The van der Waals surface area contributed by atoms with Crippen LogP contribution in [0, 0.1) is 6.92 Å². The smallest absolute Gasteiger partial charge is 0.416 e. The third-order valence-corrected chi connectivity index (χ3v) is 13.0. The Hall–Kier alpha value is -5.99. The molecule has 4 aliphatic rings. The first kappa shape index (κ1) is 41.7. The summed E-state index contributed by atoms with van der Waals surface area (Å²) in [6, 6.07) is 10.8. The van der Waals surface area contributed by atoms with Gasteiger partial charge in [-0.1, -0.05) is 39.0 Å². The molecular formula is C46H43F6N5O4. The van der Waals surface area contributed by atoms with Gasteiger partial charge in [0, 0.05) is 40.3 Å². The highest BCUT2D eigenvalue weighted by atomic mass is 19.4. The molecule has 8 rings (SSSR count). The van der Waals surface area contributed by atoms with Crippen LogP contribution in [-0.4, -0.2) is 49.7 Å². The summed E-state index contributed by atoms with van der Waals surface area (Å²) in [5.74, 6) is -3.43. The number of halogens is 6. The number of alkyl halides is 6. The quantitative estimate of drug-likeness (QED) is 0.109. The van der Waals surface area contributed by atoms with E-state index in [2.05, 4.69) is 35.9 Å². The lowest BCUT2D eigenvalue weighted by Crippen LogP contribution is -2.40. The number of H-pyrrole nitrogens is 2. The Kier molecular flexibility index (Phi) is 9.98. The van der Waals surface area contributed by atoms with Gasteiger partial charge in [0.05, 0.1) is 69.7 Å². The first-order valence-corrected chi connectivity index (χ1v) is 20.1. The highest BCUT2D eigenvalue weighted by molar-refractivity contribution is 6.23. The summed E-state index contributed by atoms with van der Waals surface area (Å²) >= 11 is 0. The number of benzene rings is 2. The monoisotopic (exact) mass is 843 g/mol. The van der Waals surface area contributed by atoms with E-state index in [-0.39, 0.29) is 41.2 Å². The number of ether oxygens (including phenoxy) is 1. The number of aromatic amines is 2. The van der Waals surface area contributed by atoms with Crippen molar-refractivity contribution in [1.82, 2.24) is 24.8 Å². The molecule has 61 heavy (non-hydrogen) atoms. The molecule has 0 saturated heterocycles. The number of aryl methyl sites for hydroxylation is 1. The van der Waals surface area contributed by atoms with Gasteiger partial charge in [-0.05, 0) is 98.2 Å². The molecule has 318 valence electrons. The fraction of sp³-hybridized carbons (Fsp3) is 0.370. The van der Waals surface area contributed by atoms with Crippen molar-refractivity contribution >= 4 is 50.9 Å². The maximum atomic E-state index is 15.1. The molecule has 6 heterocycles. The fourth-order valence-electron chi connectivity index (χ4n) is 9.37. The topological polar surface area (TPSA) is 121 Å².